The van der Waals surface area contributed by atoms with Crippen LogP contribution in [-0.2, 0) is 4.79 Å². The first-order chi connectivity index (χ1) is 6.45. The van der Waals surface area contributed by atoms with Crippen LogP contribution in [0.15, 0.2) is 12.1 Å². The summed E-state index contributed by atoms with van der Waals surface area (Å²) in [5.74, 6) is -3.18. The fraction of sp³-hybridized carbons (Fsp3) is 0.125. The first-order valence-corrected chi connectivity index (χ1v) is 3.98. The topological polar surface area (TPSA) is 83.6 Å². The highest BCUT2D eigenvalue weighted by atomic mass is 35.5. The third-order valence-electron chi connectivity index (χ3n) is 1.69. The Hall–Kier alpha value is -1.33. The van der Waals surface area contributed by atoms with E-state index in [9.17, 15) is 14.3 Å². The van der Waals surface area contributed by atoms with Crippen molar-refractivity contribution >= 4 is 17.6 Å². The minimum atomic E-state index is -1.54. The molecule has 1 rings (SSSR count). The number of carboxylic acids is 1. The predicted molar refractivity (Wildman–Crippen MR) is 47.6 cm³/mol. The summed E-state index contributed by atoms with van der Waals surface area (Å²) >= 11 is 5.57. The summed E-state index contributed by atoms with van der Waals surface area (Å²) in [4.78, 5) is 10.5. The Morgan fingerprint density at radius 3 is 2.64 bits per heavy atom. The highest BCUT2D eigenvalue weighted by molar-refractivity contribution is 6.31. The molecule has 0 fully saturated rings. The van der Waals surface area contributed by atoms with E-state index in [0.717, 1.165) is 12.1 Å². The van der Waals surface area contributed by atoms with Crippen molar-refractivity contribution in [1.29, 1.82) is 0 Å². The number of nitrogens with two attached hydrogens (primary N) is 1. The van der Waals surface area contributed by atoms with Gasteiger partial charge >= 0.3 is 5.97 Å². The largest absolute Gasteiger partial charge is 0.505 e. The monoisotopic (exact) mass is 219 g/mol. The molecule has 1 aromatic rings. The summed E-state index contributed by atoms with van der Waals surface area (Å²) in [7, 11) is 0. The molecular weight excluding hydrogens is 213 g/mol. The number of hydrogen-bond acceptors (Lipinski definition) is 3. The quantitative estimate of drug-likeness (QED) is 0.699. The third-order valence-corrected chi connectivity index (χ3v) is 2.02. The van der Waals surface area contributed by atoms with E-state index in [2.05, 4.69) is 0 Å². The number of benzene rings is 1. The second-order valence-electron chi connectivity index (χ2n) is 2.61. The van der Waals surface area contributed by atoms with Gasteiger partial charge in [0.2, 0.25) is 0 Å². The molecule has 0 aliphatic heterocycles. The fourth-order valence-electron chi connectivity index (χ4n) is 0.976. The maximum atomic E-state index is 12.8. The van der Waals surface area contributed by atoms with Crippen molar-refractivity contribution in [2.24, 2.45) is 5.73 Å². The Morgan fingerprint density at radius 1 is 1.57 bits per heavy atom. The number of phenols is 1. The zero-order chi connectivity index (χ0) is 10.9. The van der Waals surface area contributed by atoms with Crippen LogP contribution < -0.4 is 5.73 Å². The molecule has 1 unspecified atom stereocenters. The van der Waals surface area contributed by atoms with Gasteiger partial charge in [-0.25, -0.2) is 4.39 Å². The van der Waals surface area contributed by atoms with Crippen molar-refractivity contribution in [3.63, 3.8) is 0 Å². The van der Waals surface area contributed by atoms with E-state index in [0.29, 0.717) is 0 Å². The average Bonchev–Trinajstić information content (AvgIpc) is 2.12. The molecule has 1 aromatic carbocycles. The number of carbonyl (C=O) groups is 1. The van der Waals surface area contributed by atoms with Crippen LogP contribution in [0.3, 0.4) is 0 Å². The molecule has 0 aromatic heterocycles. The normalized spacial score (nSPS) is 12.5. The lowest BCUT2D eigenvalue weighted by Gasteiger charge is -2.11. The van der Waals surface area contributed by atoms with Crippen molar-refractivity contribution in [3.8, 4) is 5.75 Å². The highest BCUT2D eigenvalue weighted by Crippen LogP contribution is 2.32. The lowest BCUT2D eigenvalue weighted by molar-refractivity contribution is -0.138. The Balaban J connectivity index is 3.32. The molecule has 4 N–H and O–H groups in total. The molecule has 76 valence electrons. The molecule has 0 aliphatic rings. The van der Waals surface area contributed by atoms with Crippen molar-refractivity contribution in [2.45, 2.75) is 6.04 Å². The second-order valence-corrected chi connectivity index (χ2v) is 3.01. The van der Waals surface area contributed by atoms with Crippen LogP contribution in [0.2, 0.25) is 5.02 Å². The van der Waals surface area contributed by atoms with Crippen molar-refractivity contribution < 1.29 is 19.4 Å². The van der Waals surface area contributed by atoms with E-state index in [-0.39, 0.29) is 10.6 Å². The number of rotatable bonds is 2. The molecule has 6 heteroatoms. The third kappa shape index (κ3) is 1.78. The number of hydrogen-bond donors (Lipinski definition) is 3. The lowest BCUT2D eigenvalue weighted by Crippen LogP contribution is -2.21. The van der Waals surface area contributed by atoms with Crippen LogP contribution in [0.4, 0.5) is 4.39 Å². The molecule has 0 amide bonds. The molecule has 0 bridgehead atoms. The second kappa shape index (κ2) is 3.81. The SMILES string of the molecule is NC(C(=O)O)c1c(Cl)ccc(F)c1O. The first-order valence-electron chi connectivity index (χ1n) is 3.60. The fourth-order valence-corrected chi connectivity index (χ4v) is 1.25. The van der Waals surface area contributed by atoms with Gasteiger partial charge in [0, 0.05) is 10.6 Å². The molecule has 4 nitrogen and oxygen atoms in total. The van der Waals surface area contributed by atoms with Crippen LogP contribution in [-0.4, -0.2) is 16.2 Å². The molecule has 1 atom stereocenters. The van der Waals surface area contributed by atoms with Gasteiger partial charge in [-0.2, -0.15) is 0 Å². The number of aliphatic carboxylic acids is 1. The van der Waals surface area contributed by atoms with Gasteiger partial charge in [0.05, 0.1) is 0 Å². The maximum absolute atomic E-state index is 12.8. The summed E-state index contributed by atoms with van der Waals surface area (Å²) in [5, 5.41) is 17.7. The zero-order valence-corrected chi connectivity index (χ0v) is 7.62. The minimum Gasteiger partial charge on any atom is -0.505 e. The highest BCUT2D eigenvalue weighted by Gasteiger charge is 2.23. The van der Waals surface area contributed by atoms with Gasteiger partial charge < -0.3 is 15.9 Å². The van der Waals surface area contributed by atoms with Crippen LogP contribution >= 0.6 is 11.6 Å². The number of carboxylic acid groups (broad SMARTS) is 1. The molecular formula is C8H7ClFNO3. The van der Waals surface area contributed by atoms with Crippen LogP contribution in [0.1, 0.15) is 11.6 Å². The number of aromatic hydroxyl groups is 1. The van der Waals surface area contributed by atoms with Crippen LogP contribution in [0.5, 0.6) is 5.75 Å². The molecule has 0 saturated carbocycles. The molecule has 0 saturated heterocycles. The first kappa shape index (κ1) is 10.7. The van der Waals surface area contributed by atoms with E-state index >= 15 is 0 Å². The maximum Gasteiger partial charge on any atom is 0.325 e. The summed E-state index contributed by atoms with van der Waals surface area (Å²) < 4.78 is 12.8. The number of halogens is 2. The molecule has 0 heterocycles. The Kier molecular flexibility index (Phi) is 2.93. The molecule has 14 heavy (non-hydrogen) atoms. The van der Waals surface area contributed by atoms with Gasteiger partial charge in [-0.05, 0) is 12.1 Å². The number of phenolic OH excluding ortho intramolecular Hbond substituents is 1. The lowest BCUT2D eigenvalue weighted by atomic mass is 10.1. The van der Waals surface area contributed by atoms with Gasteiger partial charge in [-0.1, -0.05) is 11.6 Å². The smallest absolute Gasteiger partial charge is 0.325 e. The molecule has 0 radical (unpaired) electrons. The Bertz CT molecular complexity index is 383. The van der Waals surface area contributed by atoms with Gasteiger partial charge in [-0.15, -0.1) is 0 Å². The molecule has 0 aliphatic carbocycles. The van der Waals surface area contributed by atoms with Gasteiger partial charge in [0.1, 0.15) is 6.04 Å². The predicted octanol–water partition coefficient (Wildman–Crippen LogP) is 1.27. The molecule has 0 spiro atoms. The van der Waals surface area contributed by atoms with E-state index in [4.69, 9.17) is 22.4 Å². The van der Waals surface area contributed by atoms with E-state index in [1.807, 2.05) is 0 Å². The standard InChI is InChI=1S/C8H7ClFNO3/c9-3-1-2-4(10)7(12)5(3)6(11)8(13)14/h1-2,6,12H,11H2,(H,13,14). The average molecular weight is 220 g/mol. The zero-order valence-electron chi connectivity index (χ0n) is 6.87. The van der Waals surface area contributed by atoms with Crippen LogP contribution in [0, 0.1) is 5.82 Å². The summed E-state index contributed by atoms with van der Waals surface area (Å²) in [6, 6.07) is 0.517. The van der Waals surface area contributed by atoms with Crippen molar-refractivity contribution in [2.75, 3.05) is 0 Å². The van der Waals surface area contributed by atoms with Gasteiger partial charge in [0.25, 0.3) is 0 Å². The summed E-state index contributed by atoms with van der Waals surface area (Å²) in [6.07, 6.45) is 0. The van der Waals surface area contributed by atoms with Gasteiger partial charge in [0.15, 0.2) is 11.6 Å². The van der Waals surface area contributed by atoms with E-state index in [1.165, 1.54) is 0 Å². The summed E-state index contributed by atoms with van der Waals surface area (Å²) in [5.41, 5.74) is 4.88. The van der Waals surface area contributed by atoms with Crippen molar-refractivity contribution in [3.05, 3.63) is 28.5 Å². The Labute approximate surface area is 83.7 Å². The van der Waals surface area contributed by atoms with Gasteiger partial charge in [-0.3, -0.25) is 4.79 Å². The van der Waals surface area contributed by atoms with Crippen molar-refractivity contribution in [1.82, 2.24) is 0 Å². The van der Waals surface area contributed by atoms with E-state index < -0.39 is 23.6 Å². The van der Waals surface area contributed by atoms with Crippen LogP contribution in [0.25, 0.3) is 0 Å². The minimum absolute atomic E-state index is 0.0844. The Morgan fingerprint density at radius 2 is 2.14 bits per heavy atom. The summed E-state index contributed by atoms with van der Waals surface area (Å²) in [6.45, 7) is 0. The van der Waals surface area contributed by atoms with E-state index in [1.54, 1.807) is 0 Å².